The van der Waals surface area contributed by atoms with Crippen molar-refractivity contribution in [3.8, 4) is 0 Å². The number of carbonyl (C=O) groups is 1. The predicted molar refractivity (Wildman–Crippen MR) is 118 cm³/mol. The van der Waals surface area contributed by atoms with Crippen LogP contribution in [-0.2, 0) is 4.79 Å². The molecule has 0 saturated carbocycles. The summed E-state index contributed by atoms with van der Waals surface area (Å²) in [5, 5.41) is 1.00. The first-order chi connectivity index (χ1) is 13.5. The number of hydrogen-bond acceptors (Lipinski definition) is 3. The van der Waals surface area contributed by atoms with E-state index in [1.807, 2.05) is 17.3 Å². The molecule has 0 aliphatic carbocycles. The van der Waals surface area contributed by atoms with Gasteiger partial charge in [-0.1, -0.05) is 87.6 Å². The van der Waals surface area contributed by atoms with Gasteiger partial charge in [-0.05, 0) is 18.6 Å². The summed E-state index contributed by atoms with van der Waals surface area (Å²) < 4.78 is 0. The number of halogens is 2. The summed E-state index contributed by atoms with van der Waals surface area (Å²) in [6.07, 6.45) is 15.8. The van der Waals surface area contributed by atoms with Crippen LogP contribution in [0.4, 0.5) is 0 Å². The minimum Gasteiger partial charge on any atom is -0.368 e. The minimum atomic E-state index is -0.589. The Morgan fingerprint density at radius 3 is 2.29 bits per heavy atom. The van der Waals surface area contributed by atoms with Gasteiger partial charge in [0.15, 0.2) is 0 Å². The molecular formula is C22H33Cl2N3O. The van der Waals surface area contributed by atoms with Crippen molar-refractivity contribution in [2.75, 3.05) is 13.2 Å². The molecule has 2 rings (SSSR count). The molecule has 156 valence electrons. The van der Waals surface area contributed by atoms with E-state index in [9.17, 15) is 4.79 Å². The Morgan fingerprint density at radius 2 is 1.68 bits per heavy atom. The lowest BCUT2D eigenvalue weighted by Gasteiger charge is -2.28. The van der Waals surface area contributed by atoms with Gasteiger partial charge in [-0.2, -0.15) is 0 Å². The van der Waals surface area contributed by atoms with Crippen molar-refractivity contribution < 1.29 is 4.79 Å². The molecule has 1 aliphatic heterocycles. The number of carbonyl (C=O) groups excluding carboxylic acids is 1. The monoisotopic (exact) mass is 425 g/mol. The largest absolute Gasteiger partial charge is 0.368 e. The molecular weight excluding hydrogens is 393 g/mol. The van der Waals surface area contributed by atoms with E-state index in [0.717, 1.165) is 13.0 Å². The van der Waals surface area contributed by atoms with Crippen molar-refractivity contribution in [3.63, 3.8) is 0 Å². The zero-order valence-corrected chi connectivity index (χ0v) is 18.4. The van der Waals surface area contributed by atoms with Gasteiger partial charge >= 0.3 is 0 Å². The minimum absolute atomic E-state index is 0.418. The topological polar surface area (TPSA) is 49.6 Å². The van der Waals surface area contributed by atoms with Gasteiger partial charge in [0.2, 0.25) is 5.91 Å². The molecule has 0 radical (unpaired) electrons. The highest BCUT2D eigenvalue weighted by Gasteiger charge is 2.29. The van der Waals surface area contributed by atoms with Crippen LogP contribution < -0.4 is 5.73 Å². The van der Waals surface area contributed by atoms with Crippen LogP contribution in [0.2, 0.25) is 10.0 Å². The number of hydrogen-bond donors (Lipinski definition) is 1. The third-order valence-corrected chi connectivity index (χ3v) is 5.78. The van der Waals surface area contributed by atoms with E-state index in [0.29, 0.717) is 22.3 Å². The molecule has 1 atom stereocenters. The highest BCUT2D eigenvalue weighted by molar-refractivity contribution is 6.35. The van der Waals surface area contributed by atoms with Crippen molar-refractivity contribution in [1.82, 2.24) is 9.80 Å². The van der Waals surface area contributed by atoms with E-state index < -0.39 is 11.9 Å². The molecule has 6 heteroatoms. The maximum Gasteiger partial charge on any atom is 0.244 e. The molecule has 28 heavy (non-hydrogen) atoms. The lowest BCUT2D eigenvalue weighted by molar-refractivity contribution is -0.122. The van der Waals surface area contributed by atoms with Gasteiger partial charge in [0.25, 0.3) is 0 Å². The third kappa shape index (κ3) is 7.21. The molecule has 0 bridgehead atoms. The molecule has 2 N–H and O–H groups in total. The number of amides is 1. The Morgan fingerprint density at radius 1 is 1.04 bits per heavy atom. The van der Waals surface area contributed by atoms with E-state index in [1.165, 1.54) is 51.4 Å². The van der Waals surface area contributed by atoms with Gasteiger partial charge in [-0.3, -0.25) is 4.79 Å². The SMILES string of the molecule is CCCCCCCCCCCN1C=CN(C(C(N)=O)c2ccc(Cl)cc2Cl)C1. The van der Waals surface area contributed by atoms with Crippen LogP contribution in [0.15, 0.2) is 30.6 Å². The highest BCUT2D eigenvalue weighted by atomic mass is 35.5. The Bertz CT molecular complexity index is 651. The van der Waals surface area contributed by atoms with Crippen LogP contribution in [0.1, 0.15) is 76.3 Å². The van der Waals surface area contributed by atoms with Crippen molar-refractivity contribution in [2.24, 2.45) is 5.73 Å². The molecule has 1 amide bonds. The first kappa shape index (κ1) is 22.9. The van der Waals surface area contributed by atoms with E-state index in [2.05, 4.69) is 11.8 Å². The molecule has 0 fully saturated rings. The summed E-state index contributed by atoms with van der Waals surface area (Å²) in [7, 11) is 0. The van der Waals surface area contributed by atoms with E-state index in [4.69, 9.17) is 28.9 Å². The number of nitrogens with two attached hydrogens (primary N) is 1. The first-order valence-corrected chi connectivity index (χ1v) is 11.2. The van der Waals surface area contributed by atoms with Crippen LogP contribution in [0.3, 0.4) is 0 Å². The van der Waals surface area contributed by atoms with Crippen LogP contribution in [0, 0.1) is 0 Å². The highest BCUT2D eigenvalue weighted by Crippen LogP contribution is 2.31. The third-order valence-electron chi connectivity index (χ3n) is 5.22. The Balaban J connectivity index is 1.73. The number of nitrogens with zero attached hydrogens (tertiary/aromatic N) is 2. The Kier molecular flexibility index (Phi) is 10.0. The smallest absolute Gasteiger partial charge is 0.244 e. The van der Waals surface area contributed by atoms with Crippen LogP contribution in [0.5, 0.6) is 0 Å². The number of primary amides is 1. The second kappa shape index (κ2) is 12.2. The maximum atomic E-state index is 12.1. The fraction of sp³-hybridized carbons (Fsp3) is 0.591. The molecule has 1 aromatic rings. The van der Waals surface area contributed by atoms with E-state index in [1.54, 1.807) is 18.2 Å². The molecule has 1 aliphatic rings. The van der Waals surface area contributed by atoms with Crippen molar-refractivity contribution in [2.45, 2.75) is 70.8 Å². The number of benzene rings is 1. The lowest BCUT2D eigenvalue weighted by Crippen LogP contribution is -2.37. The summed E-state index contributed by atoms with van der Waals surface area (Å²) in [4.78, 5) is 16.3. The van der Waals surface area contributed by atoms with Gasteiger partial charge in [0, 0.05) is 34.6 Å². The van der Waals surface area contributed by atoms with E-state index >= 15 is 0 Å². The number of unbranched alkanes of at least 4 members (excludes halogenated alkanes) is 8. The van der Waals surface area contributed by atoms with Crippen LogP contribution in [0.25, 0.3) is 0 Å². The summed E-state index contributed by atoms with van der Waals surface area (Å²) in [5.74, 6) is -0.418. The van der Waals surface area contributed by atoms with E-state index in [-0.39, 0.29) is 0 Å². The predicted octanol–water partition coefficient (Wildman–Crippen LogP) is 6.10. The quantitative estimate of drug-likeness (QED) is 0.388. The van der Waals surface area contributed by atoms with Crippen molar-refractivity contribution in [1.29, 1.82) is 0 Å². The fourth-order valence-electron chi connectivity index (χ4n) is 3.64. The average Bonchev–Trinajstić information content (AvgIpc) is 3.10. The molecule has 4 nitrogen and oxygen atoms in total. The Labute approximate surface area is 179 Å². The van der Waals surface area contributed by atoms with Crippen LogP contribution in [-0.4, -0.2) is 28.9 Å². The molecule has 0 saturated heterocycles. The summed E-state index contributed by atoms with van der Waals surface area (Å²) in [6, 6.07) is 4.57. The first-order valence-electron chi connectivity index (χ1n) is 10.4. The van der Waals surface area contributed by atoms with Crippen molar-refractivity contribution >= 4 is 29.1 Å². The van der Waals surface area contributed by atoms with Gasteiger partial charge in [-0.15, -0.1) is 0 Å². The molecule has 1 heterocycles. The average molecular weight is 426 g/mol. The Hall–Kier alpha value is -1.39. The van der Waals surface area contributed by atoms with Gasteiger partial charge in [0.1, 0.15) is 6.04 Å². The second-order valence-corrected chi connectivity index (χ2v) is 8.41. The zero-order chi connectivity index (χ0) is 20.4. The summed E-state index contributed by atoms with van der Waals surface area (Å²) in [5.41, 5.74) is 6.36. The number of rotatable bonds is 13. The maximum absolute atomic E-state index is 12.1. The van der Waals surface area contributed by atoms with Gasteiger partial charge in [-0.25, -0.2) is 0 Å². The molecule has 0 aromatic heterocycles. The molecule has 0 spiro atoms. The van der Waals surface area contributed by atoms with Gasteiger partial charge in [0.05, 0.1) is 6.67 Å². The lowest BCUT2D eigenvalue weighted by atomic mass is 10.1. The molecule has 1 unspecified atom stereocenters. The van der Waals surface area contributed by atoms with Gasteiger partial charge < -0.3 is 15.5 Å². The zero-order valence-electron chi connectivity index (χ0n) is 16.9. The summed E-state index contributed by atoms with van der Waals surface area (Å²) >= 11 is 12.3. The van der Waals surface area contributed by atoms with Crippen LogP contribution >= 0.6 is 23.2 Å². The van der Waals surface area contributed by atoms with Crippen molar-refractivity contribution in [3.05, 3.63) is 46.2 Å². The normalized spacial score (nSPS) is 14.7. The summed E-state index contributed by atoms with van der Waals surface area (Å²) in [6.45, 7) is 3.88. The standard InChI is InChI=1S/C22H33Cl2N3O/c1-2-3-4-5-6-7-8-9-10-13-26-14-15-27(17-26)21(22(25)28)19-12-11-18(23)16-20(19)24/h11-12,14-16,21H,2-10,13,17H2,1H3,(H2,25,28). The molecule has 1 aromatic carbocycles. The second-order valence-electron chi connectivity index (χ2n) is 7.57. The fourth-order valence-corrected chi connectivity index (χ4v) is 4.15.